The molecule has 3 heteroatoms. The lowest BCUT2D eigenvalue weighted by Crippen LogP contribution is -2.27. The van der Waals surface area contributed by atoms with Crippen LogP contribution in [0.25, 0.3) is 0 Å². The molecular formula is C12H21NO2. The standard InChI is InChI=1S/C12H21NO2/c1-3-11(12(14)15-2)7-8-13-9-10-5-4-6-10/h7,10,13H,3-6,8-9H2,1-2H3. The minimum Gasteiger partial charge on any atom is -0.466 e. The molecule has 1 saturated carbocycles. The lowest BCUT2D eigenvalue weighted by atomic mass is 9.85. The Bertz CT molecular complexity index is 232. The van der Waals surface area contributed by atoms with Crippen LogP contribution in [-0.2, 0) is 9.53 Å². The van der Waals surface area contributed by atoms with Gasteiger partial charge in [0, 0.05) is 12.1 Å². The molecule has 0 spiro atoms. The molecule has 1 rings (SSSR count). The van der Waals surface area contributed by atoms with Crippen LogP contribution in [0.5, 0.6) is 0 Å². The smallest absolute Gasteiger partial charge is 0.333 e. The average Bonchev–Trinajstić information content (AvgIpc) is 2.20. The lowest BCUT2D eigenvalue weighted by molar-refractivity contribution is -0.136. The Morgan fingerprint density at radius 2 is 2.27 bits per heavy atom. The number of hydrogen-bond acceptors (Lipinski definition) is 3. The van der Waals surface area contributed by atoms with E-state index in [4.69, 9.17) is 0 Å². The molecule has 0 saturated heterocycles. The van der Waals surface area contributed by atoms with Crippen LogP contribution in [0.1, 0.15) is 32.6 Å². The number of ether oxygens (including phenoxy) is 1. The van der Waals surface area contributed by atoms with Gasteiger partial charge in [-0.15, -0.1) is 0 Å². The molecule has 1 fully saturated rings. The molecule has 0 aliphatic heterocycles. The third-order valence-corrected chi connectivity index (χ3v) is 2.98. The van der Waals surface area contributed by atoms with Gasteiger partial charge in [-0.2, -0.15) is 0 Å². The van der Waals surface area contributed by atoms with Crippen molar-refractivity contribution in [2.75, 3.05) is 20.2 Å². The maximum absolute atomic E-state index is 11.2. The first kappa shape index (κ1) is 12.2. The zero-order valence-electron chi connectivity index (χ0n) is 9.71. The van der Waals surface area contributed by atoms with Crippen LogP contribution < -0.4 is 5.32 Å². The summed E-state index contributed by atoms with van der Waals surface area (Å²) in [6.07, 6.45) is 6.76. The maximum atomic E-state index is 11.2. The monoisotopic (exact) mass is 211 g/mol. The third-order valence-electron chi connectivity index (χ3n) is 2.98. The predicted molar refractivity (Wildman–Crippen MR) is 60.6 cm³/mol. The molecule has 0 aromatic heterocycles. The van der Waals surface area contributed by atoms with Gasteiger partial charge >= 0.3 is 5.97 Å². The second-order valence-electron chi connectivity index (χ2n) is 4.03. The van der Waals surface area contributed by atoms with Crippen LogP contribution in [0.2, 0.25) is 0 Å². The van der Waals surface area contributed by atoms with Crippen LogP contribution >= 0.6 is 0 Å². The summed E-state index contributed by atoms with van der Waals surface area (Å²) in [5.74, 6) is 0.657. The Morgan fingerprint density at radius 3 is 2.73 bits per heavy atom. The second-order valence-corrected chi connectivity index (χ2v) is 4.03. The Hall–Kier alpha value is -0.830. The Labute approximate surface area is 91.9 Å². The van der Waals surface area contributed by atoms with Gasteiger partial charge in [0.1, 0.15) is 0 Å². The first-order valence-corrected chi connectivity index (χ1v) is 5.76. The van der Waals surface area contributed by atoms with Gasteiger partial charge in [-0.1, -0.05) is 19.4 Å². The van der Waals surface area contributed by atoms with Gasteiger partial charge in [-0.05, 0) is 31.7 Å². The summed E-state index contributed by atoms with van der Waals surface area (Å²) >= 11 is 0. The van der Waals surface area contributed by atoms with E-state index >= 15 is 0 Å². The topological polar surface area (TPSA) is 38.3 Å². The molecule has 86 valence electrons. The maximum Gasteiger partial charge on any atom is 0.333 e. The number of carbonyl (C=O) groups excluding carboxylic acids is 1. The van der Waals surface area contributed by atoms with Gasteiger partial charge in [0.2, 0.25) is 0 Å². The number of hydrogen-bond donors (Lipinski definition) is 1. The molecule has 0 heterocycles. The summed E-state index contributed by atoms with van der Waals surface area (Å²) < 4.78 is 4.68. The minimum atomic E-state index is -0.206. The van der Waals surface area contributed by atoms with Gasteiger partial charge in [0.25, 0.3) is 0 Å². The van der Waals surface area contributed by atoms with E-state index in [1.165, 1.54) is 26.4 Å². The number of methoxy groups -OCH3 is 1. The molecule has 0 amide bonds. The molecule has 0 bridgehead atoms. The third kappa shape index (κ3) is 4.04. The van der Waals surface area contributed by atoms with E-state index in [9.17, 15) is 4.79 Å². The highest BCUT2D eigenvalue weighted by atomic mass is 16.5. The first-order valence-electron chi connectivity index (χ1n) is 5.76. The Kier molecular flexibility index (Phi) is 5.40. The summed E-state index contributed by atoms with van der Waals surface area (Å²) in [5, 5.41) is 3.35. The molecule has 0 atom stereocenters. The summed E-state index contributed by atoms with van der Waals surface area (Å²) in [6.45, 7) is 3.82. The van der Waals surface area contributed by atoms with E-state index in [-0.39, 0.29) is 5.97 Å². The molecule has 3 nitrogen and oxygen atoms in total. The number of nitrogens with one attached hydrogen (secondary N) is 1. The van der Waals surface area contributed by atoms with Gasteiger partial charge in [-0.3, -0.25) is 0 Å². The summed E-state index contributed by atoms with van der Waals surface area (Å²) in [6, 6.07) is 0. The van der Waals surface area contributed by atoms with Crippen LogP contribution in [0, 0.1) is 5.92 Å². The van der Waals surface area contributed by atoms with Gasteiger partial charge < -0.3 is 10.1 Å². The summed E-state index contributed by atoms with van der Waals surface area (Å²) in [5.41, 5.74) is 0.763. The lowest BCUT2D eigenvalue weighted by Gasteiger charge is -2.25. The highest BCUT2D eigenvalue weighted by Crippen LogP contribution is 2.24. The Morgan fingerprint density at radius 1 is 1.53 bits per heavy atom. The minimum absolute atomic E-state index is 0.206. The largest absolute Gasteiger partial charge is 0.466 e. The van der Waals surface area contributed by atoms with Crippen molar-refractivity contribution in [3.63, 3.8) is 0 Å². The van der Waals surface area contributed by atoms with Gasteiger partial charge in [-0.25, -0.2) is 4.79 Å². The number of esters is 1. The number of carbonyl (C=O) groups is 1. The van der Waals surface area contributed by atoms with Crippen molar-refractivity contribution < 1.29 is 9.53 Å². The highest BCUT2D eigenvalue weighted by Gasteiger charge is 2.16. The van der Waals surface area contributed by atoms with Crippen LogP contribution in [0.3, 0.4) is 0 Å². The van der Waals surface area contributed by atoms with E-state index in [1.807, 2.05) is 13.0 Å². The fourth-order valence-electron chi connectivity index (χ4n) is 1.68. The van der Waals surface area contributed by atoms with E-state index in [1.54, 1.807) is 0 Å². The van der Waals surface area contributed by atoms with E-state index in [0.29, 0.717) is 0 Å². The van der Waals surface area contributed by atoms with Crippen LogP contribution in [0.15, 0.2) is 11.6 Å². The molecule has 0 aromatic carbocycles. The van der Waals surface area contributed by atoms with Gasteiger partial charge in [0.05, 0.1) is 7.11 Å². The predicted octanol–water partition coefficient (Wildman–Crippen LogP) is 1.89. The number of rotatable bonds is 6. The average molecular weight is 211 g/mol. The molecule has 1 N–H and O–H groups in total. The van der Waals surface area contributed by atoms with Crippen LogP contribution in [0.4, 0.5) is 0 Å². The van der Waals surface area contributed by atoms with Crippen molar-refractivity contribution >= 4 is 5.97 Å². The van der Waals surface area contributed by atoms with Crippen LogP contribution in [-0.4, -0.2) is 26.2 Å². The van der Waals surface area contributed by atoms with E-state index in [2.05, 4.69) is 10.1 Å². The quantitative estimate of drug-likeness (QED) is 0.414. The van der Waals surface area contributed by atoms with Crippen molar-refractivity contribution in [3.8, 4) is 0 Å². The van der Waals surface area contributed by atoms with Crippen molar-refractivity contribution in [1.82, 2.24) is 5.32 Å². The first-order chi connectivity index (χ1) is 7.27. The zero-order chi connectivity index (χ0) is 11.1. The van der Waals surface area contributed by atoms with E-state index < -0.39 is 0 Å². The zero-order valence-corrected chi connectivity index (χ0v) is 9.71. The molecular weight excluding hydrogens is 190 g/mol. The SMILES string of the molecule is CCC(=CCNCC1CCC1)C(=O)OC. The van der Waals surface area contributed by atoms with E-state index in [0.717, 1.165) is 31.0 Å². The van der Waals surface area contributed by atoms with Crippen molar-refractivity contribution in [3.05, 3.63) is 11.6 Å². The highest BCUT2D eigenvalue weighted by molar-refractivity contribution is 5.88. The van der Waals surface area contributed by atoms with Crippen molar-refractivity contribution in [2.45, 2.75) is 32.6 Å². The molecule has 0 radical (unpaired) electrons. The van der Waals surface area contributed by atoms with Crippen molar-refractivity contribution in [1.29, 1.82) is 0 Å². The molecule has 0 unspecified atom stereocenters. The fourth-order valence-corrected chi connectivity index (χ4v) is 1.68. The van der Waals surface area contributed by atoms with Gasteiger partial charge in [0.15, 0.2) is 0 Å². The Balaban J connectivity index is 2.18. The van der Waals surface area contributed by atoms with Crippen molar-refractivity contribution in [2.24, 2.45) is 5.92 Å². The normalized spacial score (nSPS) is 17.3. The summed E-state index contributed by atoms with van der Waals surface area (Å²) in [7, 11) is 1.42. The second kappa shape index (κ2) is 6.62. The summed E-state index contributed by atoms with van der Waals surface area (Å²) in [4.78, 5) is 11.2. The molecule has 15 heavy (non-hydrogen) atoms. The molecule has 1 aliphatic carbocycles. The fraction of sp³-hybridized carbons (Fsp3) is 0.750. The molecule has 0 aromatic rings. The molecule has 1 aliphatic rings.